The minimum absolute atomic E-state index is 0.282. The van der Waals surface area contributed by atoms with Crippen LogP contribution in [-0.4, -0.2) is 17.8 Å². The Morgan fingerprint density at radius 3 is 2.75 bits per heavy atom. The van der Waals surface area contributed by atoms with E-state index in [0.29, 0.717) is 0 Å². The Labute approximate surface area is 47.1 Å². The lowest BCUT2D eigenvalue weighted by Crippen LogP contribution is -2.05. The van der Waals surface area contributed by atoms with Gasteiger partial charge in [-0.25, -0.2) is 4.99 Å². The first-order valence-electron chi connectivity index (χ1n) is 2.25. The molecule has 1 rings (SSSR count). The number of hydrogen-bond acceptors (Lipinski definition) is 2. The second-order valence-corrected chi connectivity index (χ2v) is 1.50. The summed E-state index contributed by atoms with van der Waals surface area (Å²) < 4.78 is 0. The van der Waals surface area contributed by atoms with Gasteiger partial charge in [0.25, 0.3) is 5.91 Å². The maximum Gasteiger partial charge on any atom is 0.273 e. The molecule has 0 N–H and O–H groups in total. The van der Waals surface area contributed by atoms with Crippen molar-refractivity contribution in [1.82, 2.24) is 0 Å². The molecule has 8 heavy (non-hydrogen) atoms. The van der Waals surface area contributed by atoms with Gasteiger partial charge in [-0.3, -0.25) is 9.79 Å². The molecule has 0 atom stereocenters. The van der Waals surface area contributed by atoms with Crippen molar-refractivity contribution >= 4 is 17.8 Å². The van der Waals surface area contributed by atoms with Crippen molar-refractivity contribution < 1.29 is 4.79 Å². The zero-order chi connectivity index (χ0) is 5.98. The van der Waals surface area contributed by atoms with E-state index >= 15 is 0 Å². The summed E-state index contributed by atoms with van der Waals surface area (Å²) in [4.78, 5) is 17.4. The van der Waals surface area contributed by atoms with Crippen LogP contribution in [0.4, 0.5) is 0 Å². The van der Waals surface area contributed by atoms with Crippen molar-refractivity contribution in [2.24, 2.45) is 9.98 Å². The number of carbonyl (C=O) groups excluding carboxylic acids is 1. The first-order chi connectivity index (χ1) is 3.79. The lowest BCUT2D eigenvalue weighted by molar-refractivity contribution is -0.114. The average Bonchev–Trinajstić information content (AvgIpc) is 1.77. The molecule has 3 heteroatoms. The molecule has 1 heterocycles. The molecule has 0 aliphatic carbocycles. The van der Waals surface area contributed by atoms with Gasteiger partial charge in [-0.05, 0) is 6.92 Å². The molecule has 0 aromatic heterocycles. The molecule has 0 aromatic carbocycles. The number of rotatable bonds is 0. The topological polar surface area (TPSA) is 41.8 Å². The third-order valence-corrected chi connectivity index (χ3v) is 0.757. The van der Waals surface area contributed by atoms with Gasteiger partial charge >= 0.3 is 0 Å². The Balaban J connectivity index is 2.71. The van der Waals surface area contributed by atoms with E-state index in [4.69, 9.17) is 0 Å². The SMILES string of the molecule is CC1=N[CH]C(=O)N=C1. The van der Waals surface area contributed by atoms with E-state index < -0.39 is 0 Å². The molecular formula is C5H5N2O. The second kappa shape index (κ2) is 1.86. The van der Waals surface area contributed by atoms with Crippen LogP contribution in [0.2, 0.25) is 0 Å². The van der Waals surface area contributed by atoms with E-state index in [1.54, 1.807) is 6.92 Å². The minimum Gasteiger partial charge on any atom is -0.272 e. The fourth-order valence-electron chi connectivity index (χ4n) is 0.381. The zero-order valence-electron chi connectivity index (χ0n) is 4.46. The number of amides is 1. The Bertz CT molecular complexity index is 167. The predicted molar refractivity (Wildman–Crippen MR) is 30.9 cm³/mol. The summed E-state index contributed by atoms with van der Waals surface area (Å²) in [6, 6.07) is 0. The van der Waals surface area contributed by atoms with Crippen molar-refractivity contribution in [1.29, 1.82) is 0 Å². The number of aliphatic imine (C=N–C) groups is 2. The van der Waals surface area contributed by atoms with Gasteiger partial charge in [0.1, 0.15) is 0 Å². The second-order valence-electron chi connectivity index (χ2n) is 1.50. The van der Waals surface area contributed by atoms with Crippen LogP contribution >= 0.6 is 0 Å². The van der Waals surface area contributed by atoms with Crippen molar-refractivity contribution in [2.45, 2.75) is 6.92 Å². The Kier molecular flexibility index (Phi) is 1.20. The largest absolute Gasteiger partial charge is 0.273 e. The molecule has 0 aromatic rings. The molecule has 1 radical (unpaired) electrons. The standard InChI is InChI=1S/C5H5N2O/c1-4-2-7-5(8)3-6-4/h2-3H,1H3. The normalized spacial score (nSPS) is 18.6. The first kappa shape index (κ1) is 5.15. The highest BCUT2D eigenvalue weighted by Crippen LogP contribution is 1.91. The van der Waals surface area contributed by atoms with Crippen LogP contribution in [0, 0.1) is 6.54 Å². The lowest BCUT2D eigenvalue weighted by atomic mass is 10.4. The fraction of sp³-hybridized carbons (Fsp3) is 0.200. The zero-order valence-corrected chi connectivity index (χ0v) is 4.46. The van der Waals surface area contributed by atoms with Crippen LogP contribution < -0.4 is 0 Å². The van der Waals surface area contributed by atoms with E-state index in [2.05, 4.69) is 9.98 Å². The maximum absolute atomic E-state index is 10.2. The first-order valence-corrected chi connectivity index (χ1v) is 2.25. The van der Waals surface area contributed by atoms with Crippen molar-refractivity contribution in [3.8, 4) is 0 Å². The van der Waals surface area contributed by atoms with Gasteiger partial charge in [0.15, 0.2) is 6.54 Å². The molecule has 3 nitrogen and oxygen atoms in total. The van der Waals surface area contributed by atoms with Gasteiger partial charge in [0.05, 0.1) is 11.9 Å². The van der Waals surface area contributed by atoms with Crippen LogP contribution in [0.5, 0.6) is 0 Å². The van der Waals surface area contributed by atoms with E-state index in [1.165, 1.54) is 12.8 Å². The molecule has 1 aliphatic heterocycles. The summed E-state index contributed by atoms with van der Waals surface area (Å²) in [5.41, 5.74) is 0.768. The van der Waals surface area contributed by atoms with Crippen LogP contribution in [0.1, 0.15) is 6.92 Å². The van der Waals surface area contributed by atoms with E-state index in [-0.39, 0.29) is 5.91 Å². The quantitative estimate of drug-likeness (QED) is 0.438. The highest BCUT2D eigenvalue weighted by molar-refractivity contribution is 6.33. The molecule has 0 saturated heterocycles. The monoisotopic (exact) mass is 109 g/mol. The summed E-state index contributed by atoms with van der Waals surface area (Å²) in [5, 5.41) is 0. The van der Waals surface area contributed by atoms with Crippen molar-refractivity contribution in [3.63, 3.8) is 0 Å². The lowest BCUT2D eigenvalue weighted by Gasteiger charge is -1.94. The van der Waals surface area contributed by atoms with Crippen LogP contribution in [-0.2, 0) is 4.79 Å². The molecule has 0 bridgehead atoms. The Hall–Kier alpha value is -0.990. The van der Waals surface area contributed by atoms with Gasteiger partial charge in [0.2, 0.25) is 0 Å². The van der Waals surface area contributed by atoms with Gasteiger partial charge in [-0.2, -0.15) is 0 Å². The molecule has 0 saturated carbocycles. The van der Waals surface area contributed by atoms with E-state index in [0.717, 1.165) is 5.71 Å². The summed E-state index contributed by atoms with van der Waals surface area (Å²) >= 11 is 0. The van der Waals surface area contributed by atoms with Gasteiger partial charge in [-0.1, -0.05) is 0 Å². The van der Waals surface area contributed by atoms with Crippen LogP contribution in [0.3, 0.4) is 0 Å². The molecule has 0 fully saturated rings. The predicted octanol–water partition coefficient (Wildman–Crippen LogP) is 0.220. The summed E-state index contributed by atoms with van der Waals surface area (Å²) in [6.45, 7) is 2.99. The maximum atomic E-state index is 10.2. The van der Waals surface area contributed by atoms with E-state index in [9.17, 15) is 4.79 Å². The summed E-state index contributed by atoms with van der Waals surface area (Å²) in [6.07, 6.45) is 1.45. The van der Waals surface area contributed by atoms with Gasteiger partial charge in [0, 0.05) is 0 Å². The number of nitrogens with zero attached hydrogens (tertiary/aromatic N) is 2. The highest BCUT2D eigenvalue weighted by atomic mass is 16.1. The van der Waals surface area contributed by atoms with Crippen LogP contribution in [0.25, 0.3) is 0 Å². The minimum atomic E-state index is -0.282. The Morgan fingerprint density at radius 1 is 1.62 bits per heavy atom. The number of hydrogen-bond donors (Lipinski definition) is 0. The number of carbonyl (C=O) groups is 1. The summed E-state index contributed by atoms with van der Waals surface area (Å²) in [7, 11) is 0. The smallest absolute Gasteiger partial charge is 0.272 e. The molecule has 41 valence electrons. The van der Waals surface area contributed by atoms with E-state index in [1.807, 2.05) is 0 Å². The third-order valence-electron chi connectivity index (χ3n) is 0.757. The Morgan fingerprint density at radius 2 is 2.38 bits per heavy atom. The van der Waals surface area contributed by atoms with Crippen molar-refractivity contribution in [2.75, 3.05) is 0 Å². The van der Waals surface area contributed by atoms with Gasteiger partial charge < -0.3 is 0 Å². The molecule has 0 spiro atoms. The van der Waals surface area contributed by atoms with Crippen LogP contribution in [0.15, 0.2) is 9.98 Å². The fourth-order valence-corrected chi connectivity index (χ4v) is 0.381. The molecule has 0 unspecified atom stereocenters. The molecular weight excluding hydrogens is 104 g/mol. The summed E-state index contributed by atoms with van der Waals surface area (Å²) in [5.74, 6) is -0.282. The average molecular weight is 109 g/mol. The van der Waals surface area contributed by atoms with Crippen molar-refractivity contribution in [3.05, 3.63) is 6.54 Å². The van der Waals surface area contributed by atoms with Gasteiger partial charge in [-0.15, -0.1) is 0 Å². The third kappa shape index (κ3) is 0.992. The molecule has 1 aliphatic rings. The highest BCUT2D eigenvalue weighted by Gasteiger charge is 2.00. The molecule has 1 amide bonds.